The molecule has 0 aliphatic carbocycles. The predicted molar refractivity (Wildman–Crippen MR) is 78.1 cm³/mol. The third-order valence-electron chi connectivity index (χ3n) is 3.06. The van der Waals surface area contributed by atoms with Crippen LogP contribution in [0.2, 0.25) is 0 Å². The topological polar surface area (TPSA) is 51.0 Å². The number of aryl methyl sites for hydroxylation is 2. The molecule has 2 rings (SSSR count). The third kappa shape index (κ3) is 4.14. The van der Waals surface area contributed by atoms with E-state index in [2.05, 4.69) is 44.4 Å². The molecule has 1 atom stereocenters. The second kappa shape index (κ2) is 6.82. The smallest absolute Gasteiger partial charge is 0.226 e. The molecule has 0 aliphatic heterocycles. The van der Waals surface area contributed by atoms with Crippen molar-refractivity contribution >= 4 is 15.9 Å². The predicted octanol–water partition coefficient (Wildman–Crippen LogP) is 2.77. The van der Waals surface area contributed by atoms with Crippen LogP contribution in [0.25, 0.3) is 0 Å². The minimum Gasteiger partial charge on any atom is -0.339 e. The van der Waals surface area contributed by atoms with E-state index in [4.69, 9.17) is 4.52 Å². The summed E-state index contributed by atoms with van der Waals surface area (Å²) in [5.74, 6) is 1.47. The van der Waals surface area contributed by atoms with Crippen LogP contribution in [0.5, 0.6) is 0 Å². The van der Waals surface area contributed by atoms with Gasteiger partial charge in [0.1, 0.15) is 0 Å². The van der Waals surface area contributed by atoms with Gasteiger partial charge < -0.3 is 9.84 Å². The number of aromatic nitrogens is 2. The molecule has 0 aliphatic rings. The minimum atomic E-state index is 0.355. The summed E-state index contributed by atoms with van der Waals surface area (Å²) in [6, 6.07) is 8.55. The number of halogens is 1. The summed E-state index contributed by atoms with van der Waals surface area (Å²) in [5, 5.41) is 7.16. The Labute approximate surface area is 121 Å². The van der Waals surface area contributed by atoms with Gasteiger partial charge in [-0.25, -0.2) is 0 Å². The van der Waals surface area contributed by atoms with Gasteiger partial charge in [-0.05, 0) is 32.0 Å². The number of likely N-dealkylation sites (N-methyl/N-ethyl adjacent to an activating group) is 1. The molecule has 0 saturated carbocycles. The normalized spacial score (nSPS) is 12.6. The zero-order chi connectivity index (χ0) is 13.7. The lowest BCUT2D eigenvalue weighted by molar-refractivity contribution is 0.371. The lowest BCUT2D eigenvalue weighted by atomic mass is 10.1. The summed E-state index contributed by atoms with van der Waals surface area (Å²) in [4.78, 5) is 4.41. The van der Waals surface area contributed by atoms with Crippen molar-refractivity contribution in [3.8, 4) is 0 Å². The monoisotopic (exact) mass is 323 g/mol. The van der Waals surface area contributed by atoms with Crippen LogP contribution in [0.15, 0.2) is 33.3 Å². The second-order valence-corrected chi connectivity index (χ2v) is 5.44. The fraction of sp³-hybridized carbons (Fsp3) is 0.429. The first-order valence-electron chi connectivity index (χ1n) is 6.41. The van der Waals surface area contributed by atoms with Crippen molar-refractivity contribution in [2.75, 3.05) is 7.05 Å². The molecule has 2 aromatic rings. The van der Waals surface area contributed by atoms with Crippen LogP contribution in [0.1, 0.15) is 24.2 Å². The van der Waals surface area contributed by atoms with Crippen LogP contribution in [-0.2, 0) is 19.3 Å². The van der Waals surface area contributed by atoms with Crippen LogP contribution in [0.3, 0.4) is 0 Å². The summed E-state index contributed by atoms with van der Waals surface area (Å²) >= 11 is 3.54. The molecule has 1 unspecified atom stereocenters. The Balaban J connectivity index is 1.92. The van der Waals surface area contributed by atoms with E-state index >= 15 is 0 Å². The minimum absolute atomic E-state index is 0.355. The molecule has 4 nitrogen and oxygen atoms in total. The van der Waals surface area contributed by atoms with Crippen molar-refractivity contribution in [2.45, 2.75) is 32.2 Å². The molecule has 1 N–H and O–H groups in total. The zero-order valence-corrected chi connectivity index (χ0v) is 12.8. The van der Waals surface area contributed by atoms with Gasteiger partial charge >= 0.3 is 0 Å². The molecule has 0 radical (unpaired) electrons. The highest BCUT2D eigenvalue weighted by atomic mass is 79.9. The van der Waals surface area contributed by atoms with Crippen molar-refractivity contribution in [1.29, 1.82) is 0 Å². The Morgan fingerprint density at radius 3 is 2.84 bits per heavy atom. The van der Waals surface area contributed by atoms with E-state index in [1.54, 1.807) is 0 Å². The number of nitrogens with zero attached hydrogens (tertiary/aromatic N) is 2. The Morgan fingerprint density at radius 1 is 1.32 bits per heavy atom. The molecule has 1 aromatic carbocycles. The van der Waals surface area contributed by atoms with Gasteiger partial charge in [0, 0.05) is 23.4 Å². The molecule has 0 amide bonds. The zero-order valence-electron chi connectivity index (χ0n) is 11.2. The van der Waals surface area contributed by atoms with E-state index in [0.29, 0.717) is 11.9 Å². The first kappa shape index (κ1) is 14.2. The number of nitrogens with one attached hydrogen (secondary N) is 1. The molecule has 1 aromatic heterocycles. The van der Waals surface area contributed by atoms with Gasteiger partial charge in [0.25, 0.3) is 0 Å². The highest BCUT2D eigenvalue weighted by molar-refractivity contribution is 9.10. The van der Waals surface area contributed by atoms with Gasteiger partial charge in [0.2, 0.25) is 5.89 Å². The molecule has 0 bridgehead atoms. The number of benzene rings is 1. The highest BCUT2D eigenvalue weighted by Gasteiger charge is 2.10. The number of hydrogen-bond donors (Lipinski definition) is 1. The van der Waals surface area contributed by atoms with E-state index < -0.39 is 0 Å². The standard InChI is InChI=1S/C14H18BrN3O/c1-10(16-2)9-13-17-14(19-18-13)8-7-11-5-3-4-6-12(11)15/h3-6,10,16H,7-9H2,1-2H3. The van der Waals surface area contributed by atoms with Crippen LogP contribution in [0, 0.1) is 0 Å². The van der Waals surface area contributed by atoms with E-state index in [1.165, 1.54) is 5.56 Å². The van der Waals surface area contributed by atoms with Crippen LogP contribution in [-0.4, -0.2) is 23.2 Å². The molecule has 0 fully saturated rings. The van der Waals surface area contributed by atoms with Crippen molar-refractivity contribution in [2.24, 2.45) is 0 Å². The number of rotatable bonds is 6. The lowest BCUT2D eigenvalue weighted by Crippen LogP contribution is -2.24. The Bertz CT molecular complexity index is 527. The summed E-state index contributed by atoms with van der Waals surface area (Å²) in [7, 11) is 1.93. The molecular weight excluding hydrogens is 306 g/mol. The first-order valence-corrected chi connectivity index (χ1v) is 7.20. The Kier molecular flexibility index (Phi) is 5.10. The maximum absolute atomic E-state index is 5.27. The lowest BCUT2D eigenvalue weighted by Gasteiger charge is -2.04. The molecule has 102 valence electrons. The highest BCUT2D eigenvalue weighted by Crippen LogP contribution is 2.17. The maximum atomic E-state index is 5.27. The van der Waals surface area contributed by atoms with Gasteiger partial charge in [-0.3, -0.25) is 0 Å². The summed E-state index contributed by atoms with van der Waals surface area (Å²) < 4.78 is 6.39. The molecule has 1 heterocycles. The molecule has 0 saturated heterocycles. The fourth-order valence-electron chi connectivity index (χ4n) is 1.79. The van der Waals surface area contributed by atoms with E-state index in [1.807, 2.05) is 25.2 Å². The van der Waals surface area contributed by atoms with E-state index in [-0.39, 0.29) is 0 Å². The fourth-order valence-corrected chi connectivity index (χ4v) is 2.28. The van der Waals surface area contributed by atoms with Crippen molar-refractivity contribution in [1.82, 2.24) is 15.5 Å². The van der Waals surface area contributed by atoms with Gasteiger partial charge in [-0.2, -0.15) is 4.98 Å². The molecule has 5 heteroatoms. The maximum Gasteiger partial charge on any atom is 0.226 e. The summed E-state index contributed by atoms with van der Waals surface area (Å²) in [5.41, 5.74) is 1.26. The molecule has 0 spiro atoms. The molecule has 19 heavy (non-hydrogen) atoms. The van der Waals surface area contributed by atoms with Crippen molar-refractivity contribution in [3.63, 3.8) is 0 Å². The summed E-state index contributed by atoms with van der Waals surface area (Å²) in [6.07, 6.45) is 2.45. The first-order chi connectivity index (χ1) is 9.19. The van der Waals surface area contributed by atoms with Gasteiger partial charge in [-0.1, -0.05) is 39.3 Å². The average molecular weight is 324 g/mol. The van der Waals surface area contributed by atoms with Crippen LogP contribution >= 0.6 is 15.9 Å². The quantitative estimate of drug-likeness (QED) is 0.888. The average Bonchev–Trinajstić information content (AvgIpc) is 2.85. The van der Waals surface area contributed by atoms with E-state index in [9.17, 15) is 0 Å². The van der Waals surface area contributed by atoms with Crippen LogP contribution in [0.4, 0.5) is 0 Å². The third-order valence-corrected chi connectivity index (χ3v) is 3.83. The number of hydrogen-bond acceptors (Lipinski definition) is 4. The van der Waals surface area contributed by atoms with E-state index in [0.717, 1.165) is 29.6 Å². The van der Waals surface area contributed by atoms with Gasteiger partial charge in [-0.15, -0.1) is 0 Å². The Hall–Kier alpha value is -1.20. The van der Waals surface area contributed by atoms with Crippen LogP contribution < -0.4 is 5.32 Å². The van der Waals surface area contributed by atoms with Crippen molar-refractivity contribution < 1.29 is 4.52 Å². The second-order valence-electron chi connectivity index (χ2n) is 4.59. The summed E-state index contributed by atoms with van der Waals surface area (Å²) in [6.45, 7) is 2.09. The Morgan fingerprint density at radius 2 is 2.11 bits per heavy atom. The van der Waals surface area contributed by atoms with Gasteiger partial charge in [0.15, 0.2) is 5.82 Å². The molecular formula is C14H18BrN3O. The SMILES string of the molecule is CNC(C)Cc1noc(CCc2ccccc2Br)n1. The van der Waals surface area contributed by atoms with Crippen molar-refractivity contribution in [3.05, 3.63) is 46.0 Å². The van der Waals surface area contributed by atoms with Gasteiger partial charge in [0.05, 0.1) is 0 Å². The largest absolute Gasteiger partial charge is 0.339 e.